The van der Waals surface area contributed by atoms with E-state index in [1.54, 1.807) is 27.8 Å². The van der Waals surface area contributed by atoms with Crippen molar-refractivity contribution in [1.29, 1.82) is 0 Å². The topological polar surface area (TPSA) is 75.4 Å². The summed E-state index contributed by atoms with van der Waals surface area (Å²) in [4.78, 5) is 0.196. The molecule has 0 atom stereocenters. The van der Waals surface area contributed by atoms with Gasteiger partial charge in [-0.1, -0.05) is 0 Å². The van der Waals surface area contributed by atoms with Gasteiger partial charge in [-0.15, -0.1) is 0 Å². The molecule has 0 saturated heterocycles. The van der Waals surface area contributed by atoms with Crippen LogP contribution in [0.3, 0.4) is 0 Å². The molecule has 0 spiro atoms. The molecule has 17 heavy (non-hydrogen) atoms. The third-order valence-corrected chi connectivity index (χ3v) is 4.63. The van der Waals surface area contributed by atoms with Gasteiger partial charge in [0.25, 0.3) is 0 Å². The Morgan fingerprint density at radius 1 is 1.53 bits per heavy atom. The van der Waals surface area contributed by atoms with Crippen molar-refractivity contribution in [2.75, 3.05) is 13.2 Å². The van der Waals surface area contributed by atoms with Gasteiger partial charge in [-0.25, -0.2) is 8.42 Å². The minimum Gasteiger partial charge on any atom is -0.395 e. The quantitative estimate of drug-likeness (QED) is 0.817. The summed E-state index contributed by atoms with van der Waals surface area (Å²) in [5.74, 6) is 0. The number of sulfonamides is 1. The zero-order valence-corrected chi connectivity index (χ0v) is 11.4. The Morgan fingerprint density at radius 3 is 2.47 bits per heavy atom. The fraction of sp³-hybridized carbons (Fsp3) is 0.700. The van der Waals surface area contributed by atoms with E-state index in [-0.39, 0.29) is 24.1 Å². The molecule has 98 valence electrons. The van der Waals surface area contributed by atoms with Crippen LogP contribution < -0.4 is 0 Å². The standard InChI is InChI=1S/C10H19N3O3S/c1-8(2)13(5-6-14)17(15,16)10-7-12(4)11-9(10)3/h7-8,14H,5-6H2,1-4H3. The Bertz CT molecular complexity index is 479. The minimum absolute atomic E-state index is 0.0916. The summed E-state index contributed by atoms with van der Waals surface area (Å²) in [6.45, 7) is 5.10. The Labute approximate surface area is 102 Å². The summed E-state index contributed by atoms with van der Waals surface area (Å²) >= 11 is 0. The maximum Gasteiger partial charge on any atom is 0.246 e. The summed E-state index contributed by atoms with van der Waals surface area (Å²) in [7, 11) is -1.90. The van der Waals surface area contributed by atoms with Crippen LogP contribution in [0.5, 0.6) is 0 Å². The van der Waals surface area contributed by atoms with Gasteiger partial charge in [0, 0.05) is 25.8 Å². The van der Waals surface area contributed by atoms with Crippen LogP contribution in [0.25, 0.3) is 0 Å². The van der Waals surface area contributed by atoms with Crippen molar-refractivity contribution in [3.8, 4) is 0 Å². The number of nitrogens with zero attached hydrogens (tertiary/aromatic N) is 3. The van der Waals surface area contributed by atoms with E-state index < -0.39 is 10.0 Å². The fourth-order valence-electron chi connectivity index (χ4n) is 1.71. The number of hydrogen-bond acceptors (Lipinski definition) is 4. The van der Waals surface area contributed by atoms with Crippen molar-refractivity contribution in [2.24, 2.45) is 7.05 Å². The second-order valence-electron chi connectivity index (χ2n) is 4.19. The van der Waals surface area contributed by atoms with Gasteiger partial charge in [0.05, 0.1) is 12.3 Å². The average Bonchev–Trinajstić information content (AvgIpc) is 2.54. The van der Waals surface area contributed by atoms with Crippen molar-refractivity contribution in [1.82, 2.24) is 14.1 Å². The number of hydrogen-bond donors (Lipinski definition) is 1. The fourth-order valence-corrected chi connectivity index (χ4v) is 3.54. The van der Waals surface area contributed by atoms with Crippen LogP contribution >= 0.6 is 0 Å². The normalized spacial score (nSPS) is 12.6. The van der Waals surface area contributed by atoms with Crippen molar-refractivity contribution in [2.45, 2.75) is 31.7 Å². The third kappa shape index (κ3) is 2.85. The Balaban J connectivity index is 3.21. The van der Waals surface area contributed by atoms with Crippen LogP contribution in [0, 0.1) is 6.92 Å². The van der Waals surface area contributed by atoms with Crippen molar-refractivity contribution < 1.29 is 13.5 Å². The van der Waals surface area contributed by atoms with Crippen molar-refractivity contribution >= 4 is 10.0 Å². The average molecular weight is 261 g/mol. The van der Waals surface area contributed by atoms with Crippen molar-refractivity contribution in [3.63, 3.8) is 0 Å². The van der Waals surface area contributed by atoms with Gasteiger partial charge in [0.2, 0.25) is 10.0 Å². The lowest BCUT2D eigenvalue weighted by atomic mass is 10.4. The van der Waals surface area contributed by atoms with Gasteiger partial charge >= 0.3 is 0 Å². The lowest BCUT2D eigenvalue weighted by Gasteiger charge is -2.24. The SMILES string of the molecule is Cc1nn(C)cc1S(=O)(=O)N(CCO)C(C)C. The molecule has 0 aliphatic rings. The molecular weight excluding hydrogens is 242 g/mol. The predicted molar refractivity (Wildman–Crippen MR) is 64.1 cm³/mol. The highest BCUT2D eigenvalue weighted by molar-refractivity contribution is 7.89. The smallest absolute Gasteiger partial charge is 0.246 e. The van der Waals surface area contributed by atoms with Crippen LogP contribution in [0.2, 0.25) is 0 Å². The molecule has 0 radical (unpaired) electrons. The number of aliphatic hydroxyl groups is 1. The largest absolute Gasteiger partial charge is 0.395 e. The molecule has 0 bridgehead atoms. The first kappa shape index (κ1) is 14.1. The van der Waals surface area contributed by atoms with Gasteiger partial charge in [0.1, 0.15) is 4.90 Å². The second kappa shape index (κ2) is 5.16. The van der Waals surface area contributed by atoms with Crippen LogP contribution in [0.1, 0.15) is 19.5 Å². The lowest BCUT2D eigenvalue weighted by molar-refractivity contribution is 0.236. The molecule has 0 unspecified atom stereocenters. The van der Waals surface area contributed by atoms with E-state index in [4.69, 9.17) is 5.11 Å². The Hall–Kier alpha value is -0.920. The first-order valence-electron chi connectivity index (χ1n) is 5.43. The maximum atomic E-state index is 12.4. The number of rotatable bonds is 5. The number of aryl methyl sites for hydroxylation is 2. The monoisotopic (exact) mass is 261 g/mol. The number of aromatic nitrogens is 2. The van der Waals surface area contributed by atoms with E-state index >= 15 is 0 Å². The lowest BCUT2D eigenvalue weighted by Crippen LogP contribution is -2.39. The Morgan fingerprint density at radius 2 is 2.12 bits per heavy atom. The highest BCUT2D eigenvalue weighted by Gasteiger charge is 2.29. The first-order valence-corrected chi connectivity index (χ1v) is 6.87. The molecule has 1 aromatic heterocycles. The highest BCUT2D eigenvalue weighted by atomic mass is 32.2. The summed E-state index contributed by atoms with van der Waals surface area (Å²) in [5.41, 5.74) is 0.469. The molecule has 0 aromatic carbocycles. The van der Waals surface area contributed by atoms with Gasteiger partial charge in [-0.05, 0) is 20.8 Å². The molecule has 1 aromatic rings. The number of aliphatic hydroxyl groups excluding tert-OH is 1. The molecule has 0 fully saturated rings. The molecule has 0 amide bonds. The minimum atomic E-state index is -3.58. The molecule has 0 aliphatic carbocycles. The maximum absolute atomic E-state index is 12.4. The van der Waals surface area contributed by atoms with E-state index in [2.05, 4.69) is 5.10 Å². The zero-order valence-electron chi connectivity index (χ0n) is 10.6. The van der Waals surface area contributed by atoms with E-state index in [0.29, 0.717) is 5.69 Å². The highest BCUT2D eigenvalue weighted by Crippen LogP contribution is 2.20. The van der Waals surface area contributed by atoms with Crippen LogP contribution in [0.15, 0.2) is 11.1 Å². The molecule has 1 N–H and O–H groups in total. The van der Waals surface area contributed by atoms with Gasteiger partial charge in [0.15, 0.2) is 0 Å². The molecule has 1 rings (SSSR count). The summed E-state index contributed by atoms with van der Waals surface area (Å²) in [5, 5.41) is 13.0. The first-order chi connectivity index (χ1) is 7.80. The van der Waals surface area contributed by atoms with Gasteiger partial charge in [-0.2, -0.15) is 9.40 Å². The molecule has 0 aliphatic heterocycles. The van der Waals surface area contributed by atoms with E-state index in [1.165, 1.54) is 15.2 Å². The van der Waals surface area contributed by atoms with E-state index in [0.717, 1.165) is 0 Å². The zero-order chi connectivity index (χ0) is 13.2. The Kier molecular flexibility index (Phi) is 4.29. The van der Waals surface area contributed by atoms with Crippen LogP contribution in [-0.4, -0.2) is 46.8 Å². The molecule has 1 heterocycles. The third-order valence-electron chi connectivity index (χ3n) is 2.45. The van der Waals surface area contributed by atoms with Crippen LogP contribution in [-0.2, 0) is 17.1 Å². The van der Waals surface area contributed by atoms with E-state index in [1.807, 2.05) is 0 Å². The molecule has 6 nitrogen and oxygen atoms in total. The summed E-state index contributed by atoms with van der Waals surface area (Å²) < 4.78 is 27.5. The van der Waals surface area contributed by atoms with Crippen molar-refractivity contribution in [3.05, 3.63) is 11.9 Å². The molecule has 7 heteroatoms. The van der Waals surface area contributed by atoms with Crippen LogP contribution in [0.4, 0.5) is 0 Å². The summed E-state index contributed by atoms with van der Waals surface area (Å²) in [6.07, 6.45) is 1.48. The summed E-state index contributed by atoms with van der Waals surface area (Å²) in [6, 6.07) is -0.202. The predicted octanol–water partition coefficient (Wildman–Crippen LogP) is 0.120. The van der Waals surface area contributed by atoms with Gasteiger partial charge < -0.3 is 5.11 Å². The second-order valence-corrected chi connectivity index (χ2v) is 6.04. The van der Waals surface area contributed by atoms with E-state index in [9.17, 15) is 8.42 Å². The molecular formula is C10H19N3O3S. The molecule has 0 saturated carbocycles. The van der Waals surface area contributed by atoms with Gasteiger partial charge in [-0.3, -0.25) is 4.68 Å².